The zero-order chi connectivity index (χ0) is 21.9. The van der Waals surface area contributed by atoms with E-state index in [4.69, 9.17) is 0 Å². The molecule has 8 nitrogen and oxygen atoms in total. The van der Waals surface area contributed by atoms with Gasteiger partial charge in [-0.2, -0.15) is 0 Å². The molecule has 1 aromatic carbocycles. The van der Waals surface area contributed by atoms with Crippen LogP contribution in [0.15, 0.2) is 23.1 Å². The molecule has 3 heterocycles. The minimum atomic E-state index is -2.95. The van der Waals surface area contributed by atoms with Gasteiger partial charge in [-0.25, -0.2) is 17.6 Å². The van der Waals surface area contributed by atoms with Gasteiger partial charge in [0.05, 0.1) is 22.7 Å². The van der Waals surface area contributed by atoms with Crippen LogP contribution < -0.4 is 10.3 Å². The van der Waals surface area contributed by atoms with E-state index in [1.807, 2.05) is 4.90 Å². The van der Waals surface area contributed by atoms with Gasteiger partial charge in [0, 0.05) is 49.8 Å². The molecule has 166 valence electrons. The van der Waals surface area contributed by atoms with Gasteiger partial charge >= 0.3 is 5.97 Å². The molecule has 1 N–H and O–H groups in total. The van der Waals surface area contributed by atoms with E-state index in [0.717, 1.165) is 18.9 Å². The van der Waals surface area contributed by atoms with Gasteiger partial charge in [0.15, 0.2) is 9.84 Å². The van der Waals surface area contributed by atoms with Crippen LogP contribution in [0.5, 0.6) is 0 Å². The van der Waals surface area contributed by atoms with Crippen LogP contribution >= 0.6 is 0 Å². The van der Waals surface area contributed by atoms with Gasteiger partial charge in [0.25, 0.3) is 0 Å². The number of nitrogens with zero attached hydrogens (tertiary/aromatic N) is 3. The monoisotopic (exact) mass is 449 g/mol. The predicted octanol–water partition coefficient (Wildman–Crippen LogP) is 1.48. The van der Waals surface area contributed by atoms with Crippen molar-refractivity contribution in [3.05, 3.63) is 39.9 Å². The van der Waals surface area contributed by atoms with Crippen LogP contribution in [-0.2, 0) is 9.84 Å². The lowest BCUT2D eigenvalue weighted by Gasteiger charge is -2.39. The minimum Gasteiger partial charge on any atom is -0.477 e. The second-order valence-corrected chi connectivity index (χ2v) is 10.9. The Morgan fingerprint density at radius 1 is 1.06 bits per heavy atom. The summed E-state index contributed by atoms with van der Waals surface area (Å²) < 4.78 is 40.4. The molecule has 0 spiro atoms. The maximum absolute atomic E-state index is 15.0. The number of anilines is 1. The fourth-order valence-electron chi connectivity index (χ4n) is 4.80. The molecule has 1 aromatic heterocycles. The molecular formula is C21H24FN3O5S. The smallest absolute Gasteiger partial charge is 0.341 e. The number of carboxylic acid groups (broad SMARTS) is 1. The van der Waals surface area contributed by atoms with E-state index < -0.39 is 27.1 Å². The molecule has 5 rings (SSSR count). The Labute approximate surface area is 178 Å². The van der Waals surface area contributed by atoms with Crippen molar-refractivity contribution >= 4 is 32.4 Å². The highest BCUT2D eigenvalue weighted by molar-refractivity contribution is 7.91. The molecule has 3 aliphatic rings. The first kappa shape index (κ1) is 20.4. The third-order valence-corrected chi connectivity index (χ3v) is 8.40. The Morgan fingerprint density at radius 3 is 2.35 bits per heavy atom. The molecule has 1 atom stereocenters. The number of pyridine rings is 1. The number of hydrogen-bond donors (Lipinski definition) is 1. The van der Waals surface area contributed by atoms with Crippen molar-refractivity contribution in [1.82, 2.24) is 9.47 Å². The van der Waals surface area contributed by atoms with Crippen molar-refractivity contribution in [2.45, 2.75) is 31.3 Å². The quantitative estimate of drug-likeness (QED) is 0.755. The fraction of sp³-hybridized carbons (Fsp3) is 0.524. The largest absolute Gasteiger partial charge is 0.477 e. The SMILES string of the molecule is O=C(O)c1cn(C2CC2)c2cc(N3CCN(C4CCS(=O)(=O)C4)CC3)c(F)cc2c1=O. The summed E-state index contributed by atoms with van der Waals surface area (Å²) in [5.74, 6) is -1.44. The van der Waals surface area contributed by atoms with Crippen LogP contribution in [0.4, 0.5) is 10.1 Å². The molecule has 31 heavy (non-hydrogen) atoms. The topological polar surface area (TPSA) is 99.9 Å². The van der Waals surface area contributed by atoms with E-state index in [1.54, 1.807) is 10.6 Å². The molecule has 2 aromatic rings. The first-order chi connectivity index (χ1) is 14.7. The van der Waals surface area contributed by atoms with Crippen LogP contribution in [0.25, 0.3) is 10.9 Å². The van der Waals surface area contributed by atoms with Gasteiger partial charge < -0.3 is 14.6 Å². The number of aromatic carboxylic acids is 1. The average Bonchev–Trinajstić information content (AvgIpc) is 3.50. The Bertz CT molecular complexity index is 1230. The van der Waals surface area contributed by atoms with Crippen LogP contribution in [0.2, 0.25) is 0 Å². The highest BCUT2D eigenvalue weighted by Gasteiger charge is 2.34. The average molecular weight is 450 g/mol. The highest BCUT2D eigenvalue weighted by Crippen LogP contribution is 2.38. The van der Waals surface area contributed by atoms with E-state index in [1.165, 1.54) is 6.20 Å². The van der Waals surface area contributed by atoms with Crippen molar-refractivity contribution in [1.29, 1.82) is 0 Å². The number of carboxylic acids is 1. The first-order valence-electron chi connectivity index (χ1n) is 10.5. The van der Waals surface area contributed by atoms with Crippen LogP contribution in [0, 0.1) is 5.82 Å². The molecule has 0 amide bonds. The molecule has 3 fully saturated rings. The van der Waals surface area contributed by atoms with Crippen LogP contribution in [0.3, 0.4) is 0 Å². The fourth-order valence-corrected chi connectivity index (χ4v) is 6.56. The van der Waals surface area contributed by atoms with Crippen molar-refractivity contribution in [3.8, 4) is 0 Å². The molecule has 10 heteroatoms. The number of benzene rings is 1. The molecule has 1 saturated carbocycles. The third kappa shape index (κ3) is 3.71. The van der Waals surface area contributed by atoms with Crippen molar-refractivity contribution < 1.29 is 22.7 Å². The van der Waals surface area contributed by atoms with Gasteiger partial charge in [-0.1, -0.05) is 0 Å². The number of fused-ring (bicyclic) bond motifs is 1. The van der Waals surface area contributed by atoms with E-state index in [0.29, 0.717) is 43.8 Å². The predicted molar refractivity (Wildman–Crippen MR) is 114 cm³/mol. The number of aromatic nitrogens is 1. The second kappa shape index (κ2) is 7.30. The molecule has 0 radical (unpaired) electrons. The number of sulfone groups is 1. The van der Waals surface area contributed by atoms with Gasteiger partial charge in [-0.15, -0.1) is 0 Å². The third-order valence-electron chi connectivity index (χ3n) is 6.65. The molecule has 1 unspecified atom stereocenters. The summed E-state index contributed by atoms with van der Waals surface area (Å²) in [6.45, 7) is 2.40. The molecule has 0 bridgehead atoms. The summed E-state index contributed by atoms with van der Waals surface area (Å²) in [6.07, 6.45) is 3.82. The molecule has 2 aliphatic heterocycles. The number of hydrogen-bond acceptors (Lipinski definition) is 6. The summed E-state index contributed by atoms with van der Waals surface area (Å²) in [4.78, 5) is 28.2. The minimum absolute atomic E-state index is 0.0306. The van der Waals surface area contributed by atoms with Crippen LogP contribution in [-0.4, -0.2) is 72.7 Å². The van der Waals surface area contributed by atoms with Gasteiger partial charge in [0.2, 0.25) is 5.43 Å². The lowest BCUT2D eigenvalue weighted by atomic mass is 10.1. The van der Waals surface area contributed by atoms with Crippen molar-refractivity contribution in [3.63, 3.8) is 0 Å². The standard InChI is InChI=1S/C21H24FN3O5S/c22-17-9-15-18(25(13-1-2-13)11-16(20(15)26)21(27)28)10-19(17)24-6-4-23(5-7-24)14-3-8-31(29,30)12-14/h9-11,13-14H,1-8,12H2,(H,27,28). The summed E-state index contributed by atoms with van der Waals surface area (Å²) >= 11 is 0. The van der Waals surface area contributed by atoms with Gasteiger partial charge in [-0.05, 0) is 31.4 Å². The number of rotatable bonds is 4. The highest BCUT2D eigenvalue weighted by atomic mass is 32.2. The molecule has 2 saturated heterocycles. The van der Waals surface area contributed by atoms with E-state index in [9.17, 15) is 23.1 Å². The first-order valence-corrected chi connectivity index (χ1v) is 12.4. The Hall–Kier alpha value is -2.46. The Kier molecular flexibility index (Phi) is 4.82. The molecule has 1 aliphatic carbocycles. The number of halogens is 1. The summed E-state index contributed by atoms with van der Waals surface area (Å²) in [5, 5.41) is 9.46. The molecular weight excluding hydrogens is 425 g/mol. The summed E-state index contributed by atoms with van der Waals surface area (Å²) in [6, 6.07) is 2.98. The second-order valence-electron chi connectivity index (χ2n) is 8.72. The van der Waals surface area contributed by atoms with E-state index in [-0.39, 0.29) is 34.5 Å². The zero-order valence-corrected chi connectivity index (χ0v) is 17.8. The Balaban J connectivity index is 1.45. The summed E-state index contributed by atoms with van der Waals surface area (Å²) in [7, 11) is -2.95. The van der Waals surface area contributed by atoms with E-state index >= 15 is 4.39 Å². The zero-order valence-electron chi connectivity index (χ0n) is 17.0. The summed E-state index contributed by atoms with van der Waals surface area (Å²) in [5.41, 5.74) is -0.0647. The Morgan fingerprint density at radius 2 is 1.77 bits per heavy atom. The van der Waals surface area contributed by atoms with Gasteiger partial charge in [0.1, 0.15) is 11.4 Å². The lowest BCUT2D eigenvalue weighted by Crippen LogP contribution is -2.51. The lowest BCUT2D eigenvalue weighted by molar-refractivity contribution is 0.0695. The van der Waals surface area contributed by atoms with Crippen molar-refractivity contribution in [2.75, 3.05) is 42.6 Å². The van der Waals surface area contributed by atoms with E-state index in [2.05, 4.69) is 4.90 Å². The van der Waals surface area contributed by atoms with Gasteiger partial charge in [-0.3, -0.25) is 9.69 Å². The number of carbonyl (C=O) groups is 1. The maximum atomic E-state index is 15.0. The number of piperazine rings is 1. The normalized spacial score (nSPS) is 24.0. The maximum Gasteiger partial charge on any atom is 0.341 e. The van der Waals surface area contributed by atoms with Crippen molar-refractivity contribution in [2.24, 2.45) is 0 Å². The van der Waals surface area contributed by atoms with Crippen LogP contribution in [0.1, 0.15) is 35.7 Å².